The number of aliphatic hydroxyl groups is 2. The molecule has 2 atom stereocenters. The van der Waals surface area contributed by atoms with Gasteiger partial charge < -0.3 is 20.8 Å². The van der Waals surface area contributed by atoms with Gasteiger partial charge in [0.2, 0.25) is 11.8 Å². The number of carbonyl (C=O) groups excluding carboxylic acids is 2. The van der Waals surface area contributed by atoms with Crippen LogP contribution in [0.4, 0.5) is 0 Å². The molecule has 6 heteroatoms. The van der Waals surface area contributed by atoms with E-state index in [1.54, 1.807) is 0 Å². The Labute approximate surface area is 187 Å². The molecule has 6 nitrogen and oxygen atoms in total. The summed E-state index contributed by atoms with van der Waals surface area (Å²) in [4.78, 5) is 27.3. The molecule has 0 bridgehead atoms. The van der Waals surface area contributed by atoms with Crippen LogP contribution in [0.1, 0.15) is 106 Å². The first-order chi connectivity index (χ1) is 14.1. The highest BCUT2D eigenvalue weighted by molar-refractivity contribution is 6.05. The summed E-state index contributed by atoms with van der Waals surface area (Å²) in [7, 11) is 0. The summed E-state index contributed by atoms with van der Waals surface area (Å²) in [6, 6.07) is -0.804. The molecular formula is C25H44N2O4. The molecule has 0 aromatic carbocycles. The van der Waals surface area contributed by atoms with Crippen LogP contribution >= 0.6 is 0 Å². The Hall–Kier alpha value is -1.14. The zero-order chi connectivity index (χ0) is 23.3. The minimum atomic E-state index is -1.13. The Morgan fingerprint density at radius 1 is 0.645 bits per heavy atom. The zero-order valence-electron chi connectivity index (χ0n) is 20.4. The second-order valence-corrected chi connectivity index (χ2v) is 12.7. The van der Waals surface area contributed by atoms with Gasteiger partial charge in [0.25, 0.3) is 0 Å². The van der Waals surface area contributed by atoms with Gasteiger partial charge in [-0.3, -0.25) is 9.59 Å². The standard InChI is InChI=1S/C25H44N2O4/c1-21(2,3)17(24(30)13-9-14-24)26-19(28)23(11-7-8-12-23)20(29)27-18(22(4,5)6)25(31)15-10-16-25/h17-18,30-31H,7-16H2,1-6H3,(H,26,28)(H,27,29)/t17-,18-/m1/s1. The van der Waals surface area contributed by atoms with Gasteiger partial charge in [0.05, 0.1) is 23.3 Å². The molecule has 3 fully saturated rings. The molecule has 3 aliphatic carbocycles. The summed E-state index contributed by atoms with van der Waals surface area (Å²) >= 11 is 0. The highest BCUT2D eigenvalue weighted by Crippen LogP contribution is 2.46. The molecule has 0 radical (unpaired) electrons. The topological polar surface area (TPSA) is 98.7 Å². The fourth-order valence-electron chi connectivity index (χ4n) is 6.04. The molecule has 0 heterocycles. The van der Waals surface area contributed by atoms with Crippen molar-refractivity contribution in [2.75, 3.05) is 0 Å². The first kappa shape index (κ1) is 24.5. The maximum atomic E-state index is 13.7. The largest absolute Gasteiger partial charge is 0.388 e. The van der Waals surface area contributed by atoms with Gasteiger partial charge in [-0.2, -0.15) is 0 Å². The van der Waals surface area contributed by atoms with Crippen LogP contribution in [0.25, 0.3) is 0 Å². The average Bonchev–Trinajstić information content (AvgIpc) is 3.09. The molecule has 178 valence electrons. The van der Waals surface area contributed by atoms with Crippen molar-refractivity contribution in [1.82, 2.24) is 10.6 Å². The fraction of sp³-hybridized carbons (Fsp3) is 0.920. The van der Waals surface area contributed by atoms with Gasteiger partial charge >= 0.3 is 0 Å². The maximum Gasteiger partial charge on any atom is 0.236 e. The van der Waals surface area contributed by atoms with Crippen LogP contribution < -0.4 is 10.6 Å². The predicted octanol–water partition coefficient (Wildman–Crippen LogP) is 3.44. The molecule has 2 amide bonds. The van der Waals surface area contributed by atoms with E-state index in [9.17, 15) is 19.8 Å². The smallest absolute Gasteiger partial charge is 0.236 e. The van der Waals surface area contributed by atoms with E-state index in [0.29, 0.717) is 38.5 Å². The number of nitrogens with one attached hydrogen (secondary N) is 2. The SMILES string of the molecule is CC(C)(C)[C@@H](NC(=O)C1(C(=O)N[C@H](C(C)(C)C)C2(O)CCC2)CCCC1)C1(O)CCC1. The van der Waals surface area contributed by atoms with Crippen molar-refractivity contribution in [1.29, 1.82) is 0 Å². The number of hydrogen-bond donors (Lipinski definition) is 4. The van der Waals surface area contributed by atoms with E-state index in [-0.39, 0.29) is 22.6 Å². The van der Waals surface area contributed by atoms with Crippen LogP contribution in [0.2, 0.25) is 0 Å². The molecule has 3 saturated carbocycles. The van der Waals surface area contributed by atoms with Crippen molar-refractivity contribution in [3.63, 3.8) is 0 Å². The minimum Gasteiger partial charge on any atom is -0.388 e. The third-order valence-electron chi connectivity index (χ3n) is 8.12. The number of amides is 2. The van der Waals surface area contributed by atoms with E-state index in [1.165, 1.54) is 0 Å². The molecule has 0 aromatic rings. The Balaban J connectivity index is 1.83. The highest BCUT2D eigenvalue weighted by atomic mass is 16.3. The lowest BCUT2D eigenvalue weighted by Crippen LogP contribution is -2.67. The number of rotatable bonds is 6. The van der Waals surface area contributed by atoms with Gasteiger partial charge in [-0.1, -0.05) is 54.4 Å². The maximum absolute atomic E-state index is 13.7. The second-order valence-electron chi connectivity index (χ2n) is 12.7. The summed E-state index contributed by atoms with van der Waals surface area (Å²) in [6.45, 7) is 12.2. The lowest BCUT2D eigenvalue weighted by atomic mass is 9.65. The Kier molecular flexibility index (Phi) is 6.34. The third kappa shape index (κ3) is 4.52. The minimum absolute atomic E-state index is 0.268. The van der Waals surface area contributed by atoms with E-state index in [4.69, 9.17) is 0 Å². The van der Waals surface area contributed by atoms with E-state index >= 15 is 0 Å². The molecule has 4 N–H and O–H groups in total. The van der Waals surface area contributed by atoms with Crippen LogP contribution in [0, 0.1) is 16.2 Å². The first-order valence-electron chi connectivity index (χ1n) is 12.2. The molecule has 3 rings (SSSR count). The Morgan fingerprint density at radius 3 is 1.19 bits per heavy atom. The third-order valence-corrected chi connectivity index (χ3v) is 8.12. The summed E-state index contributed by atoms with van der Waals surface area (Å²) in [5.41, 5.74) is -3.59. The molecular weight excluding hydrogens is 392 g/mol. The van der Waals surface area contributed by atoms with Gasteiger partial charge in [-0.25, -0.2) is 0 Å². The van der Waals surface area contributed by atoms with Crippen molar-refractivity contribution in [3.8, 4) is 0 Å². The lowest BCUT2D eigenvalue weighted by Gasteiger charge is -2.51. The summed E-state index contributed by atoms with van der Waals surface area (Å²) < 4.78 is 0. The molecule has 0 aromatic heterocycles. The number of hydrogen-bond acceptors (Lipinski definition) is 4. The van der Waals surface area contributed by atoms with Crippen molar-refractivity contribution in [2.45, 2.75) is 129 Å². The van der Waals surface area contributed by atoms with Gasteiger partial charge in [0, 0.05) is 0 Å². The van der Waals surface area contributed by atoms with E-state index in [1.807, 2.05) is 41.5 Å². The average molecular weight is 437 g/mol. The zero-order valence-corrected chi connectivity index (χ0v) is 20.4. The molecule has 3 aliphatic rings. The quantitative estimate of drug-likeness (QED) is 0.479. The van der Waals surface area contributed by atoms with E-state index < -0.39 is 28.7 Å². The monoisotopic (exact) mass is 436 g/mol. The predicted molar refractivity (Wildman–Crippen MR) is 121 cm³/mol. The summed E-state index contributed by atoms with van der Waals surface area (Å²) in [5, 5.41) is 28.4. The van der Waals surface area contributed by atoms with Crippen LogP contribution in [0.5, 0.6) is 0 Å². The lowest BCUT2D eigenvalue weighted by molar-refractivity contribution is -0.154. The molecule has 0 spiro atoms. The Morgan fingerprint density at radius 2 is 0.968 bits per heavy atom. The Bertz CT molecular complexity index is 635. The first-order valence-corrected chi connectivity index (χ1v) is 12.2. The van der Waals surface area contributed by atoms with Crippen molar-refractivity contribution < 1.29 is 19.8 Å². The second kappa shape index (κ2) is 8.02. The van der Waals surface area contributed by atoms with Crippen LogP contribution in [-0.4, -0.2) is 45.3 Å². The molecule has 0 unspecified atom stereocenters. The van der Waals surface area contributed by atoms with Gasteiger partial charge in [-0.05, 0) is 62.2 Å². The fourth-order valence-corrected chi connectivity index (χ4v) is 6.04. The molecule has 0 aliphatic heterocycles. The van der Waals surface area contributed by atoms with Crippen LogP contribution in [0.3, 0.4) is 0 Å². The van der Waals surface area contributed by atoms with E-state index in [2.05, 4.69) is 10.6 Å². The summed E-state index contributed by atoms with van der Waals surface area (Å²) in [6.07, 6.45) is 7.28. The van der Waals surface area contributed by atoms with Crippen molar-refractivity contribution in [2.24, 2.45) is 16.2 Å². The van der Waals surface area contributed by atoms with Crippen molar-refractivity contribution >= 4 is 11.8 Å². The molecule has 31 heavy (non-hydrogen) atoms. The number of carbonyl (C=O) groups is 2. The van der Waals surface area contributed by atoms with Crippen LogP contribution in [0.15, 0.2) is 0 Å². The summed E-state index contributed by atoms with van der Waals surface area (Å²) in [5.74, 6) is -0.535. The van der Waals surface area contributed by atoms with E-state index in [0.717, 1.165) is 25.7 Å². The van der Waals surface area contributed by atoms with Gasteiger partial charge in [0.1, 0.15) is 5.41 Å². The van der Waals surface area contributed by atoms with Gasteiger partial charge in [-0.15, -0.1) is 0 Å². The van der Waals surface area contributed by atoms with Crippen molar-refractivity contribution in [3.05, 3.63) is 0 Å². The molecule has 0 saturated heterocycles. The highest BCUT2D eigenvalue weighted by Gasteiger charge is 2.55. The normalized spacial score (nSPS) is 26.2. The van der Waals surface area contributed by atoms with Crippen LogP contribution in [-0.2, 0) is 9.59 Å². The van der Waals surface area contributed by atoms with Gasteiger partial charge in [0.15, 0.2) is 0 Å².